The van der Waals surface area contributed by atoms with Crippen LogP contribution >= 0.6 is 27.5 Å². The molecule has 0 aliphatic heterocycles. The average Bonchev–Trinajstić information content (AvgIpc) is 2.36. The second-order valence-corrected chi connectivity index (χ2v) is 6.90. The Morgan fingerprint density at radius 2 is 2.05 bits per heavy atom. The maximum Gasteiger partial charge on any atom is 0.264 e. The van der Waals surface area contributed by atoms with Crippen molar-refractivity contribution in [1.29, 1.82) is 0 Å². The Hall–Kier alpha value is -1.18. The fraction of sp³-hybridized carbons (Fsp3) is 0.0833. The number of aryl methyl sites for hydroxylation is 1. The lowest BCUT2D eigenvalue weighted by Crippen LogP contribution is -2.15. The number of hydrogen-bond acceptors (Lipinski definition) is 3. The number of benzene rings is 1. The lowest BCUT2D eigenvalue weighted by atomic mass is 10.2. The highest BCUT2D eigenvalue weighted by Gasteiger charge is 2.19. The summed E-state index contributed by atoms with van der Waals surface area (Å²) in [5, 5.41) is 0.203. The quantitative estimate of drug-likeness (QED) is 0.826. The van der Waals surface area contributed by atoms with Gasteiger partial charge in [-0.15, -0.1) is 0 Å². The first kappa shape index (κ1) is 15.2. The standard InChI is InChI=1S/C12H9BrClFN2O2S/c1-7-2-3-10(15)11(4-7)20(18,19)17-8-5-9(13)12(14)16-6-8/h2-6,17H,1H3. The molecule has 0 radical (unpaired) electrons. The number of aromatic nitrogens is 1. The van der Waals surface area contributed by atoms with Crippen LogP contribution in [0.15, 0.2) is 39.8 Å². The van der Waals surface area contributed by atoms with Crippen molar-refractivity contribution in [3.8, 4) is 0 Å². The molecule has 0 fully saturated rings. The van der Waals surface area contributed by atoms with E-state index >= 15 is 0 Å². The van der Waals surface area contributed by atoms with Gasteiger partial charge in [0.05, 0.1) is 16.4 Å². The van der Waals surface area contributed by atoms with Gasteiger partial charge in [-0.05, 0) is 46.6 Å². The van der Waals surface area contributed by atoms with Gasteiger partial charge in [0.1, 0.15) is 15.9 Å². The third-order valence-electron chi connectivity index (χ3n) is 2.42. The van der Waals surface area contributed by atoms with E-state index in [2.05, 4.69) is 25.6 Å². The average molecular weight is 380 g/mol. The molecule has 20 heavy (non-hydrogen) atoms. The number of pyridine rings is 1. The van der Waals surface area contributed by atoms with Crippen LogP contribution in [0.5, 0.6) is 0 Å². The summed E-state index contributed by atoms with van der Waals surface area (Å²) in [6, 6.07) is 5.31. The molecule has 0 saturated carbocycles. The summed E-state index contributed by atoms with van der Waals surface area (Å²) in [7, 11) is -4.03. The Kier molecular flexibility index (Phi) is 4.31. The van der Waals surface area contributed by atoms with Gasteiger partial charge in [0.15, 0.2) is 0 Å². The minimum Gasteiger partial charge on any atom is -0.278 e. The first-order valence-corrected chi connectivity index (χ1v) is 8.05. The van der Waals surface area contributed by atoms with Crippen LogP contribution in [0.1, 0.15) is 5.56 Å². The minimum absolute atomic E-state index is 0.183. The van der Waals surface area contributed by atoms with Crippen molar-refractivity contribution in [1.82, 2.24) is 4.98 Å². The van der Waals surface area contributed by atoms with Crippen molar-refractivity contribution in [2.45, 2.75) is 11.8 Å². The highest BCUT2D eigenvalue weighted by Crippen LogP contribution is 2.25. The second kappa shape index (κ2) is 5.67. The zero-order valence-electron chi connectivity index (χ0n) is 10.2. The molecule has 0 unspecified atom stereocenters. The third kappa shape index (κ3) is 3.28. The van der Waals surface area contributed by atoms with E-state index in [1.54, 1.807) is 6.92 Å². The number of hydrogen-bond donors (Lipinski definition) is 1. The molecule has 4 nitrogen and oxygen atoms in total. The number of nitrogens with one attached hydrogen (secondary N) is 1. The van der Waals surface area contributed by atoms with E-state index < -0.39 is 20.7 Å². The van der Waals surface area contributed by atoms with Crippen molar-refractivity contribution in [3.63, 3.8) is 0 Å². The first-order chi connectivity index (χ1) is 9.29. The van der Waals surface area contributed by atoms with Crippen LogP contribution in [-0.4, -0.2) is 13.4 Å². The number of sulfonamides is 1. The van der Waals surface area contributed by atoms with Gasteiger partial charge >= 0.3 is 0 Å². The summed E-state index contributed by atoms with van der Waals surface area (Å²) in [4.78, 5) is 3.38. The smallest absolute Gasteiger partial charge is 0.264 e. The molecule has 106 valence electrons. The topological polar surface area (TPSA) is 59.1 Å². The molecule has 1 N–H and O–H groups in total. The van der Waals surface area contributed by atoms with Gasteiger partial charge in [-0.3, -0.25) is 4.72 Å². The fourth-order valence-corrected chi connectivity index (χ4v) is 3.15. The molecular weight excluding hydrogens is 371 g/mol. The molecule has 0 atom stereocenters. The zero-order chi connectivity index (χ0) is 14.9. The summed E-state index contributed by atoms with van der Waals surface area (Å²) in [5.74, 6) is -0.816. The predicted octanol–water partition coefficient (Wildman–Crippen LogP) is 3.75. The van der Waals surface area contributed by atoms with Gasteiger partial charge in [0.25, 0.3) is 10.0 Å². The highest BCUT2D eigenvalue weighted by atomic mass is 79.9. The van der Waals surface area contributed by atoms with Gasteiger partial charge < -0.3 is 0 Å². The van der Waals surface area contributed by atoms with Crippen molar-refractivity contribution in [3.05, 3.63) is 51.5 Å². The molecule has 8 heteroatoms. The number of anilines is 1. The molecule has 2 aromatic rings. The molecule has 0 aliphatic rings. The van der Waals surface area contributed by atoms with Gasteiger partial charge in [-0.25, -0.2) is 17.8 Å². The van der Waals surface area contributed by atoms with Crippen molar-refractivity contribution in [2.24, 2.45) is 0 Å². The summed E-state index contributed by atoms with van der Waals surface area (Å²) >= 11 is 8.85. The molecule has 0 bridgehead atoms. The van der Waals surface area contributed by atoms with E-state index in [0.717, 1.165) is 6.07 Å². The Bertz CT molecular complexity index is 768. The van der Waals surface area contributed by atoms with Gasteiger partial charge in [0.2, 0.25) is 0 Å². The normalized spacial score (nSPS) is 11.4. The molecule has 1 aromatic heterocycles. The Morgan fingerprint density at radius 3 is 2.70 bits per heavy atom. The molecular formula is C12H9BrClFN2O2S. The Balaban J connectivity index is 2.40. The van der Waals surface area contributed by atoms with Gasteiger partial charge in [0, 0.05) is 0 Å². The van der Waals surface area contributed by atoms with Crippen LogP contribution < -0.4 is 4.72 Å². The highest BCUT2D eigenvalue weighted by molar-refractivity contribution is 9.10. The second-order valence-electron chi connectivity index (χ2n) is 4.04. The molecule has 1 heterocycles. The Labute approximate surface area is 129 Å². The Morgan fingerprint density at radius 1 is 1.35 bits per heavy atom. The van der Waals surface area contributed by atoms with Crippen molar-refractivity contribution >= 4 is 43.2 Å². The minimum atomic E-state index is -4.03. The molecule has 0 spiro atoms. The first-order valence-electron chi connectivity index (χ1n) is 5.39. The van der Waals surface area contributed by atoms with Crippen molar-refractivity contribution < 1.29 is 12.8 Å². The summed E-state index contributed by atoms with van der Waals surface area (Å²) < 4.78 is 40.6. The van der Waals surface area contributed by atoms with Gasteiger partial charge in [-0.1, -0.05) is 17.7 Å². The maximum atomic E-state index is 13.6. The van der Waals surface area contributed by atoms with E-state index in [1.807, 2.05) is 0 Å². The molecule has 0 saturated heterocycles. The third-order valence-corrected chi connectivity index (χ3v) is 4.95. The van der Waals surface area contributed by atoms with Crippen LogP contribution in [0.3, 0.4) is 0 Å². The maximum absolute atomic E-state index is 13.6. The lowest BCUT2D eigenvalue weighted by Gasteiger charge is -2.09. The van der Waals surface area contributed by atoms with E-state index in [0.29, 0.717) is 10.0 Å². The van der Waals surface area contributed by atoms with E-state index in [1.165, 1.54) is 24.4 Å². The monoisotopic (exact) mass is 378 g/mol. The summed E-state index contributed by atoms with van der Waals surface area (Å²) in [6.07, 6.45) is 1.25. The number of rotatable bonds is 3. The van der Waals surface area contributed by atoms with Crippen LogP contribution in [0.4, 0.5) is 10.1 Å². The van der Waals surface area contributed by atoms with Crippen LogP contribution in [0.25, 0.3) is 0 Å². The summed E-state index contributed by atoms with van der Waals surface area (Å²) in [6.45, 7) is 1.68. The SMILES string of the molecule is Cc1ccc(F)c(S(=O)(=O)Nc2cnc(Cl)c(Br)c2)c1. The zero-order valence-corrected chi connectivity index (χ0v) is 13.4. The fourth-order valence-electron chi connectivity index (χ4n) is 1.50. The van der Waals surface area contributed by atoms with Crippen molar-refractivity contribution in [2.75, 3.05) is 4.72 Å². The molecule has 0 amide bonds. The number of halogens is 3. The van der Waals surface area contributed by atoms with E-state index in [-0.39, 0.29) is 10.8 Å². The molecule has 1 aromatic carbocycles. The van der Waals surface area contributed by atoms with E-state index in [4.69, 9.17) is 11.6 Å². The van der Waals surface area contributed by atoms with Crippen LogP contribution in [0, 0.1) is 12.7 Å². The van der Waals surface area contributed by atoms with Crippen LogP contribution in [0.2, 0.25) is 5.15 Å². The van der Waals surface area contributed by atoms with E-state index in [9.17, 15) is 12.8 Å². The van der Waals surface area contributed by atoms with Gasteiger partial charge in [-0.2, -0.15) is 0 Å². The summed E-state index contributed by atoms with van der Waals surface area (Å²) in [5.41, 5.74) is 0.823. The van der Waals surface area contributed by atoms with Crippen LogP contribution in [-0.2, 0) is 10.0 Å². The largest absolute Gasteiger partial charge is 0.278 e. The lowest BCUT2D eigenvalue weighted by molar-refractivity contribution is 0.570. The molecule has 0 aliphatic carbocycles. The number of nitrogens with zero attached hydrogens (tertiary/aromatic N) is 1. The predicted molar refractivity (Wildman–Crippen MR) is 78.9 cm³/mol. The molecule has 2 rings (SSSR count).